The van der Waals surface area contributed by atoms with Gasteiger partial charge in [0.15, 0.2) is 11.8 Å². The van der Waals surface area contributed by atoms with Crippen molar-refractivity contribution in [1.29, 1.82) is 5.41 Å². The molecule has 0 saturated carbocycles. The summed E-state index contributed by atoms with van der Waals surface area (Å²) in [4.78, 5) is 14.2. The lowest BCUT2D eigenvalue weighted by Crippen LogP contribution is -2.41. The van der Waals surface area contributed by atoms with Crippen molar-refractivity contribution < 1.29 is 4.79 Å². The number of hydrogen-bond acceptors (Lipinski definition) is 5. The van der Waals surface area contributed by atoms with Gasteiger partial charge in [0.2, 0.25) is 0 Å². The van der Waals surface area contributed by atoms with Crippen LogP contribution in [0.1, 0.15) is 68.3 Å². The van der Waals surface area contributed by atoms with E-state index < -0.39 is 0 Å². The number of nitrogens with zero attached hydrogens (tertiary/aromatic N) is 4. The fourth-order valence-corrected chi connectivity index (χ4v) is 4.39. The van der Waals surface area contributed by atoms with Crippen molar-refractivity contribution in [3.05, 3.63) is 41.2 Å². The minimum atomic E-state index is -0.0923. The van der Waals surface area contributed by atoms with Gasteiger partial charge < -0.3 is 10.6 Å². The van der Waals surface area contributed by atoms with Crippen molar-refractivity contribution in [1.82, 2.24) is 25.5 Å². The lowest BCUT2D eigenvalue weighted by atomic mass is 9.80. The quantitative estimate of drug-likeness (QED) is 0.464. The standard InChI is InChI=1S/C21H31N7O/c1-3-4-18(14(2)29)19(20-24-26-27-25-20)13-15-5-7-16(8-6-15)17-9-11-28(12-10-17)21(22)23/h5-8,17-19H,3-4,9-13H2,1-2H3,(H3,22,23)(H,24,25,26,27)/t18-,19+/m1/s1. The molecule has 0 spiro atoms. The second-order valence-electron chi connectivity index (χ2n) is 7.99. The van der Waals surface area contributed by atoms with E-state index in [1.54, 1.807) is 6.92 Å². The molecule has 4 N–H and O–H groups in total. The van der Waals surface area contributed by atoms with E-state index in [-0.39, 0.29) is 23.6 Å². The van der Waals surface area contributed by atoms with Crippen LogP contribution in [0.2, 0.25) is 0 Å². The Morgan fingerprint density at radius 3 is 2.52 bits per heavy atom. The van der Waals surface area contributed by atoms with E-state index in [2.05, 4.69) is 51.8 Å². The van der Waals surface area contributed by atoms with Gasteiger partial charge >= 0.3 is 0 Å². The smallest absolute Gasteiger partial charge is 0.188 e. The molecule has 29 heavy (non-hydrogen) atoms. The molecule has 0 bridgehead atoms. The van der Waals surface area contributed by atoms with Gasteiger partial charge in [-0.3, -0.25) is 10.2 Å². The maximum Gasteiger partial charge on any atom is 0.188 e. The van der Waals surface area contributed by atoms with Gasteiger partial charge in [0, 0.05) is 24.9 Å². The molecule has 1 fully saturated rings. The van der Waals surface area contributed by atoms with Crippen molar-refractivity contribution >= 4 is 11.7 Å². The van der Waals surface area contributed by atoms with E-state index in [0.717, 1.165) is 45.2 Å². The molecule has 1 aliphatic heterocycles. The van der Waals surface area contributed by atoms with Crippen LogP contribution in [0.25, 0.3) is 0 Å². The molecule has 0 amide bonds. The highest BCUT2D eigenvalue weighted by Gasteiger charge is 2.29. The van der Waals surface area contributed by atoms with Crippen LogP contribution in [-0.2, 0) is 11.2 Å². The second-order valence-corrected chi connectivity index (χ2v) is 7.99. The van der Waals surface area contributed by atoms with Crippen molar-refractivity contribution in [2.45, 2.75) is 57.8 Å². The highest BCUT2D eigenvalue weighted by molar-refractivity contribution is 5.79. The number of benzene rings is 1. The fraction of sp³-hybridized carbons (Fsp3) is 0.571. The second kappa shape index (κ2) is 9.62. The summed E-state index contributed by atoms with van der Waals surface area (Å²) in [5.41, 5.74) is 8.10. The largest absolute Gasteiger partial charge is 0.370 e. The summed E-state index contributed by atoms with van der Waals surface area (Å²) in [7, 11) is 0. The van der Waals surface area contributed by atoms with E-state index in [4.69, 9.17) is 11.1 Å². The van der Waals surface area contributed by atoms with Crippen LogP contribution in [0.3, 0.4) is 0 Å². The first-order chi connectivity index (χ1) is 14.0. The number of piperidine rings is 1. The van der Waals surface area contributed by atoms with Crippen LogP contribution in [0.4, 0.5) is 0 Å². The van der Waals surface area contributed by atoms with Gasteiger partial charge in [-0.15, -0.1) is 5.10 Å². The maximum absolute atomic E-state index is 12.3. The van der Waals surface area contributed by atoms with E-state index >= 15 is 0 Å². The van der Waals surface area contributed by atoms with Gasteiger partial charge in [-0.1, -0.05) is 37.6 Å². The highest BCUT2D eigenvalue weighted by Crippen LogP contribution is 2.32. The molecule has 3 rings (SSSR count). The molecule has 0 radical (unpaired) electrons. The third-order valence-corrected chi connectivity index (χ3v) is 6.06. The molecule has 1 aromatic heterocycles. The summed E-state index contributed by atoms with van der Waals surface area (Å²) >= 11 is 0. The average Bonchev–Trinajstić information content (AvgIpc) is 3.25. The zero-order valence-corrected chi connectivity index (χ0v) is 17.3. The first-order valence-corrected chi connectivity index (χ1v) is 10.4. The van der Waals surface area contributed by atoms with Crippen LogP contribution in [0.5, 0.6) is 0 Å². The number of rotatable bonds is 8. The Morgan fingerprint density at radius 2 is 2.00 bits per heavy atom. The van der Waals surface area contributed by atoms with Crippen molar-refractivity contribution in [2.24, 2.45) is 11.7 Å². The highest BCUT2D eigenvalue weighted by atomic mass is 16.1. The van der Waals surface area contributed by atoms with Gasteiger partial charge in [0.1, 0.15) is 5.78 Å². The summed E-state index contributed by atoms with van der Waals surface area (Å²) in [5.74, 6) is 1.39. The molecule has 1 saturated heterocycles. The molecule has 156 valence electrons. The predicted octanol–water partition coefficient (Wildman–Crippen LogP) is 2.60. The third kappa shape index (κ3) is 5.19. The number of nitrogens with one attached hydrogen (secondary N) is 2. The minimum Gasteiger partial charge on any atom is -0.370 e. The Morgan fingerprint density at radius 1 is 1.31 bits per heavy atom. The molecular formula is C21H31N7O. The van der Waals surface area contributed by atoms with Gasteiger partial charge in [-0.25, -0.2) is 5.10 Å². The van der Waals surface area contributed by atoms with Crippen molar-refractivity contribution in [3.63, 3.8) is 0 Å². The van der Waals surface area contributed by atoms with Gasteiger partial charge in [-0.2, -0.15) is 0 Å². The minimum absolute atomic E-state index is 0.0490. The maximum atomic E-state index is 12.3. The number of carbonyl (C=O) groups excluding carboxylic acids is 1. The number of carbonyl (C=O) groups is 1. The number of ketones is 1. The zero-order chi connectivity index (χ0) is 20.8. The molecule has 2 heterocycles. The summed E-state index contributed by atoms with van der Waals surface area (Å²) in [6.07, 6.45) is 4.51. The number of H-pyrrole nitrogens is 1. The number of aromatic nitrogens is 4. The van der Waals surface area contributed by atoms with Crippen molar-refractivity contribution in [2.75, 3.05) is 13.1 Å². The van der Waals surface area contributed by atoms with E-state index in [0.29, 0.717) is 11.7 Å². The van der Waals surface area contributed by atoms with E-state index in [1.807, 2.05) is 4.90 Å². The molecule has 1 aromatic carbocycles. The topological polar surface area (TPSA) is 125 Å². The lowest BCUT2D eigenvalue weighted by molar-refractivity contribution is -0.121. The Kier molecular flexibility index (Phi) is 6.95. The van der Waals surface area contributed by atoms with Crippen LogP contribution in [0, 0.1) is 11.3 Å². The number of likely N-dealkylation sites (tertiary alicyclic amines) is 1. The van der Waals surface area contributed by atoms with Gasteiger partial charge in [0.05, 0.1) is 0 Å². The lowest BCUT2D eigenvalue weighted by Gasteiger charge is -2.32. The van der Waals surface area contributed by atoms with Crippen LogP contribution < -0.4 is 5.73 Å². The summed E-state index contributed by atoms with van der Waals surface area (Å²) < 4.78 is 0. The molecule has 0 aliphatic carbocycles. The fourth-order valence-electron chi connectivity index (χ4n) is 4.39. The summed E-state index contributed by atoms with van der Waals surface area (Å²) in [6.45, 7) is 5.42. The third-order valence-electron chi connectivity index (χ3n) is 6.06. The Labute approximate surface area is 171 Å². The van der Waals surface area contributed by atoms with Crippen LogP contribution in [0.15, 0.2) is 24.3 Å². The van der Waals surface area contributed by atoms with Gasteiger partial charge in [-0.05, 0) is 60.1 Å². The number of nitrogens with two attached hydrogens (primary N) is 1. The molecule has 0 unspecified atom stereocenters. The van der Waals surface area contributed by atoms with Crippen LogP contribution in [-0.4, -0.2) is 50.4 Å². The average molecular weight is 398 g/mol. The predicted molar refractivity (Wildman–Crippen MR) is 112 cm³/mol. The van der Waals surface area contributed by atoms with E-state index in [1.165, 1.54) is 11.1 Å². The number of aromatic amines is 1. The molecule has 1 aliphatic rings. The molecule has 8 nitrogen and oxygen atoms in total. The number of hydrogen-bond donors (Lipinski definition) is 3. The van der Waals surface area contributed by atoms with Crippen molar-refractivity contribution in [3.8, 4) is 0 Å². The number of Topliss-reactive ketones (excluding diaryl/α,β-unsaturated/α-hetero) is 1. The summed E-state index contributed by atoms with van der Waals surface area (Å²) in [6, 6.07) is 8.71. The Bertz CT molecular complexity index is 795. The molecular weight excluding hydrogens is 366 g/mol. The van der Waals surface area contributed by atoms with Gasteiger partial charge in [0.25, 0.3) is 0 Å². The normalized spacial score (nSPS) is 17.1. The Hall–Kier alpha value is -2.77. The molecule has 2 aromatic rings. The monoisotopic (exact) mass is 397 g/mol. The number of guanidine groups is 1. The zero-order valence-electron chi connectivity index (χ0n) is 17.3. The summed E-state index contributed by atoms with van der Waals surface area (Å²) in [5, 5.41) is 22.0. The molecule has 2 atom stereocenters. The van der Waals surface area contributed by atoms with E-state index in [9.17, 15) is 4.79 Å². The molecule has 8 heteroatoms. The Balaban J connectivity index is 1.71. The SMILES string of the molecule is CCC[C@H](C(C)=O)[C@H](Cc1ccc(C2CCN(C(=N)N)CC2)cc1)c1nnn[nH]1. The number of tetrazole rings is 1. The van der Waals surface area contributed by atoms with Crippen LogP contribution >= 0.6 is 0 Å². The first-order valence-electron chi connectivity index (χ1n) is 10.4. The first kappa shape index (κ1) is 21.0.